The number of ether oxygens (including phenoxy) is 1. The van der Waals surface area contributed by atoms with Crippen molar-refractivity contribution in [3.63, 3.8) is 0 Å². The highest BCUT2D eigenvalue weighted by Crippen LogP contribution is 2.20. The summed E-state index contributed by atoms with van der Waals surface area (Å²) in [6.45, 7) is 6.39. The lowest BCUT2D eigenvalue weighted by atomic mass is 10.1. The summed E-state index contributed by atoms with van der Waals surface area (Å²) in [5.41, 5.74) is 2.37. The van der Waals surface area contributed by atoms with Crippen LogP contribution in [0.3, 0.4) is 0 Å². The van der Waals surface area contributed by atoms with E-state index in [9.17, 15) is 14.0 Å². The Morgan fingerprint density at radius 1 is 1.09 bits per heavy atom. The number of carbonyl (C=O) groups is 2. The number of rotatable bonds is 2. The van der Waals surface area contributed by atoms with Crippen LogP contribution in [0.5, 0.6) is 0 Å². The number of hydrazine groups is 1. The lowest BCUT2D eigenvalue weighted by molar-refractivity contribution is -0.00716. The fraction of sp³-hybridized carbons (Fsp3) is 0.375. The molecule has 118 valence electrons. The molecule has 1 aliphatic rings. The van der Waals surface area contributed by atoms with Gasteiger partial charge in [-0.05, 0) is 45.0 Å². The van der Waals surface area contributed by atoms with E-state index in [1.54, 1.807) is 6.92 Å². The minimum atomic E-state index is -0.565. The van der Waals surface area contributed by atoms with Crippen molar-refractivity contribution in [1.29, 1.82) is 0 Å². The predicted octanol–water partition coefficient (Wildman–Crippen LogP) is 2.99. The number of hydrogen-bond donors (Lipinski definition) is 0. The average molecular weight is 306 g/mol. The van der Waals surface area contributed by atoms with Gasteiger partial charge in [0, 0.05) is 5.56 Å². The van der Waals surface area contributed by atoms with Crippen molar-refractivity contribution < 1.29 is 18.7 Å². The maximum Gasteiger partial charge on any atom is 0.429 e. The summed E-state index contributed by atoms with van der Waals surface area (Å²) in [6.07, 6.45) is -0.565. The highest BCUT2D eigenvalue weighted by molar-refractivity contribution is 5.95. The number of amides is 2. The van der Waals surface area contributed by atoms with E-state index in [1.165, 1.54) is 34.3 Å². The van der Waals surface area contributed by atoms with Gasteiger partial charge in [0.1, 0.15) is 5.82 Å². The molecule has 2 rings (SSSR count). The number of halogens is 1. The van der Waals surface area contributed by atoms with Crippen LogP contribution in [0.4, 0.5) is 9.18 Å². The molecule has 0 spiro atoms. The van der Waals surface area contributed by atoms with Crippen LogP contribution in [-0.2, 0) is 4.74 Å². The average Bonchev–Trinajstić information content (AvgIpc) is 2.50. The Hall–Kier alpha value is -2.37. The zero-order valence-electron chi connectivity index (χ0n) is 12.9. The molecule has 0 bridgehead atoms. The van der Waals surface area contributed by atoms with Crippen LogP contribution in [0.2, 0.25) is 0 Å². The lowest BCUT2D eigenvalue weighted by Gasteiger charge is -2.38. The number of nitrogens with zero attached hydrogens (tertiary/aromatic N) is 2. The summed E-state index contributed by atoms with van der Waals surface area (Å²) >= 11 is 0. The van der Waals surface area contributed by atoms with Crippen LogP contribution < -0.4 is 0 Å². The van der Waals surface area contributed by atoms with E-state index in [0.717, 1.165) is 11.1 Å². The van der Waals surface area contributed by atoms with E-state index < -0.39 is 11.9 Å². The Morgan fingerprint density at radius 2 is 1.64 bits per heavy atom. The topological polar surface area (TPSA) is 49.9 Å². The van der Waals surface area contributed by atoms with Gasteiger partial charge in [-0.2, -0.15) is 0 Å². The zero-order chi connectivity index (χ0) is 16.3. The molecule has 0 aliphatic carbocycles. The molecule has 0 unspecified atom stereocenters. The van der Waals surface area contributed by atoms with Gasteiger partial charge in [-0.15, -0.1) is 0 Å². The van der Waals surface area contributed by atoms with Gasteiger partial charge in [-0.1, -0.05) is 11.1 Å². The van der Waals surface area contributed by atoms with Gasteiger partial charge in [-0.3, -0.25) is 4.79 Å². The third-order valence-electron chi connectivity index (χ3n) is 3.60. The van der Waals surface area contributed by atoms with Gasteiger partial charge < -0.3 is 4.74 Å². The molecule has 5 nitrogen and oxygen atoms in total. The maximum atomic E-state index is 13.0. The molecule has 6 heteroatoms. The van der Waals surface area contributed by atoms with E-state index in [4.69, 9.17) is 4.74 Å². The van der Waals surface area contributed by atoms with Crippen molar-refractivity contribution in [3.05, 3.63) is 46.8 Å². The molecule has 0 fully saturated rings. The molecule has 0 saturated heterocycles. The normalized spacial score (nSPS) is 15.1. The quantitative estimate of drug-likeness (QED) is 0.789. The number of benzene rings is 1. The molecule has 0 N–H and O–H groups in total. The second kappa shape index (κ2) is 6.60. The van der Waals surface area contributed by atoms with Crippen LogP contribution in [0, 0.1) is 5.82 Å². The first-order chi connectivity index (χ1) is 10.4. The van der Waals surface area contributed by atoms with Crippen molar-refractivity contribution in [3.8, 4) is 0 Å². The maximum absolute atomic E-state index is 13.0. The largest absolute Gasteiger partial charge is 0.448 e. The van der Waals surface area contributed by atoms with E-state index in [0.29, 0.717) is 18.7 Å². The monoisotopic (exact) mass is 306 g/mol. The van der Waals surface area contributed by atoms with Gasteiger partial charge in [0.25, 0.3) is 5.91 Å². The first-order valence-electron chi connectivity index (χ1n) is 7.11. The van der Waals surface area contributed by atoms with Crippen molar-refractivity contribution in [1.82, 2.24) is 10.0 Å². The van der Waals surface area contributed by atoms with Crippen LogP contribution in [-0.4, -0.2) is 41.7 Å². The Balaban J connectivity index is 2.30. The summed E-state index contributed by atoms with van der Waals surface area (Å²) in [4.78, 5) is 24.7. The molecule has 0 saturated carbocycles. The van der Waals surface area contributed by atoms with Gasteiger partial charge in [0.2, 0.25) is 0 Å². The Labute approximate surface area is 128 Å². The smallest absolute Gasteiger partial charge is 0.429 e. The Morgan fingerprint density at radius 3 is 2.18 bits per heavy atom. The third-order valence-corrected chi connectivity index (χ3v) is 3.60. The molecule has 1 aromatic carbocycles. The molecule has 22 heavy (non-hydrogen) atoms. The van der Waals surface area contributed by atoms with E-state index in [1.807, 2.05) is 13.8 Å². The number of carbonyl (C=O) groups excluding carboxylic acids is 2. The second-order valence-electron chi connectivity index (χ2n) is 5.19. The zero-order valence-corrected chi connectivity index (χ0v) is 12.9. The van der Waals surface area contributed by atoms with Crippen molar-refractivity contribution in [2.45, 2.75) is 20.8 Å². The second-order valence-corrected chi connectivity index (χ2v) is 5.19. The lowest BCUT2D eigenvalue weighted by Crippen LogP contribution is -2.53. The molecule has 1 aliphatic heterocycles. The van der Waals surface area contributed by atoms with Crippen LogP contribution >= 0.6 is 0 Å². The highest BCUT2D eigenvalue weighted by atomic mass is 19.1. The first-order valence-corrected chi connectivity index (χ1v) is 7.11. The molecule has 0 atom stereocenters. The summed E-state index contributed by atoms with van der Waals surface area (Å²) in [6, 6.07) is 5.25. The van der Waals surface area contributed by atoms with Gasteiger partial charge in [0.15, 0.2) is 0 Å². The first kappa shape index (κ1) is 16.0. The standard InChI is InChI=1S/C16H19FN2O3/c1-4-22-16(21)19-10-12(3)11(2)9-18(19)15(20)13-5-7-14(17)8-6-13/h5-8H,4,9-10H2,1-3H3. The van der Waals surface area contributed by atoms with Crippen LogP contribution in [0.1, 0.15) is 31.1 Å². The predicted molar refractivity (Wildman–Crippen MR) is 79.5 cm³/mol. The summed E-state index contributed by atoms with van der Waals surface area (Å²) in [7, 11) is 0. The van der Waals surface area contributed by atoms with Crippen molar-refractivity contribution in [2.24, 2.45) is 0 Å². The fourth-order valence-electron chi connectivity index (χ4n) is 2.17. The van der Waals surface area contributed by atoms with Crippen molar-refractivity contribution in [2.75, 3.05) is 19.7 Å². The van der Waals surface area contributed by atoms with Gasteiger partial charge >= 0.3 is 6.09 Å². The minimum Gasteiger partial charge on any atom is -0.448 e. The molecular formula is C16H19FN2O3. The minimum absolute atomic E-state index is 0.232. The highest BCUT2D eigenvalue weighted by Gasteiger charge is 2.32. The van der Waals surface area contributed by atoms with Gasteiger partial charge in [-0.25, -0.2) is 19.2 Å². The molecular weight excluding hydrogens is 287 g/mol. The molecule has 1 aromatic rings. The number of hydrogen-bond acceptors (Lipinski definition) is 3. The van der Waals surface area contributed by atoms with E-state index in [2.05, 4.69) is 0 Å². The van der Waals surface area contributed by atoms with Crippen LogP contribution in [0.15, 0.2) is 35.4 Å². The molecule has 0 radical (unpaired) electrons. The summed E-state index contributed by atoms with van der Waals surface area (Å²) in [5, 5.41) is 2.63. The molecule has 2 amide bonds. The Bertz CT molecular complexity index is 610. The fourth-order valence-corrected chi connectivity index (χ4v) is 2.17. The van der Waals surface area contributed by atoms with E-state index >= 15 is 0 Å². The van der Waals surface area contributed by atoms with Crippen molar-refractivity contribution >= 4 is 12.0 Å². The molecule has 1 heterocycles. The summed E-state index contributed by atoms with van der Waals surface area (Å²) < 4.78 is 18.0. The SMILES string of the molecule is CCOC(=O)N1CC(C)=C(C)CN1C(=O)c1ccc(F)cc1. The molecule has 0 aromatic heterocycles. The van der Waals surface area contributed by atoms with E-state index in [-0.39, 0.29) is 12.5 Å². The third kappa shape index (κ3) is 3.27. The van der Waals surface area contributed by atoms with Crippen LogP contribution in [0.25, 0.3) is 0 Å². The summed E-state index contributed by atoms with van der Waals surface area (Å²) in [5.74, 6) is -0.774. The Kier molecular flexibility index (Phi) is 4.80. The van der Waals surface area contributed by atoms with Gasteiger partial charge in [0.05, 0.1) is 19.7 Å².